The van der Waals surface area contributed by atoms with Gasteiger partial charge in [-0.15, -0.1) is 12.4 Å². The van der Waals surface area contributed by atoms with Gasteiger partial charge in [-0.1, -0.05) is 17.7 Å². The summed E-state index contributed by atoms with van der Waals surface area (Å²) in [5, 5.41) is 2.92. The maximum absolute atomic E-state index is 12.5. The van der Waals surface area contributed by atoms with Crippen LogP contribution in [0.1, 0.15) is 31.2 Å². The van der Waals surface area contributed by atoms with Gasteiger partial charge in [0.15, 0.2) is 0 Å². The number of nitrogens with one attached hydrogen (secondary N) is 1. The minimum absolute atomic E-state index is 0. The highest BCUT2D eigenvalue weighted by atomic mass is 35.5. The second-order valence-corrected chi connectivity index (χ2v) is 6.45. The van der Waals surface area contributed by atoms with Crippen LogP contribution in [0.3, 0.4) is 0 Å². The van der Waals surface area contributed by atoms with Gasteiger partial charge in [-0.2, -0.15) is 0 Å². The van der Waals surface area contributed by atoms with Gasteiger partial charge in [-0.25, -0.2) is 0 Å². The van der Waals surface area contributed by atoms with Gasteiger partial charge in [0.25, 0.3) is 0 Å². The number of carbonyl (C=O) groups is 2. The van der Waals surface area contributed by atoms with E-state index in [1.54, 1.807) is 4.90 Å². The zero-order valence-electron chi connectivity index (χ0n) is 13.3. The third kappa shape index (κ3) is 3.85. The normalized spacial score (nSPS) is 27.0. The number of hydrogen-bond acceptors (Lipinski definition) is 3. The summed E-state index contributed by atoms with van der Waals surface area (Å²) in [4.78, 5) is 26.5. The van der Waals surface area contributed by atoms with Gasteiger partial charge in [-0.05, 0) is 44.7 Å². The third-order valence-corrected chi connectivity index (χ3v) is 4.71. The van der Waals surface area contributed by atoms with Crippen LogP contribution in [0.5, 0.6) is 0 Å². The van der Waals surface area contributed by atoms with Crippen molar-refractivity contribution in [3.8, 4) is 0 Å². The lowest BCUT2D eigenvalue weighted by Crippen LogP contribution is -2.43. The molecule has 2 fully saturated rings. The van der Waals surface area contributed by atoms with Crippen LogP contribution >= 0.6 is 12.4 Å². The summed E-state index contributed by atoms with van der Waals surface area (Å²) in [6, 6.07) is 7.62. The average Bonchev–Trinajstić information content (AvgIpc) is 3.08. The summed E-state index contributed by atoms with van der Waals surface area (Å²) in [6.45, 7) is 2.67. The van der Waals surface area contributed by atoms with Gasteiger partial charge in [-0.3, -0.25) is 9.59 Å². The molecule has 1 aromatic carbocycles. The monoisotopic (exact) mass is 337 g/mol. The van der Waals surface area contributed by atoms with E-state index in [2.05, 4.69) is 5.32 Å². The van der Waals surface area contributed by atoms with E-state index >= 15 is 0 Å². The molecule has 2 aliphatic rings. The number of hydrogen-bond donors (Lipinski definition) is 2. The Morgan fingerprint density at radius 2 is 1.91 bits per heavy atom. The van der Waals surface area contributed by atoms with E-state index in [4.69, 9.17) is 5.73 Å². The second kappa shape index (κ2) is 7.32. The molecule has 2 amide bonds. The Kier molecular flexibility index (Phi) is 5.65. The molecular weight excluding hydrogens is 314 g/mol. The number of rotatable bonds is 3. The van der Waals surface area contributed by atoms with Gasteiger partial charge in [0.2, 0.25) is 11.8 Å². The largest absolute Gasteiger partial charge is 0.344 e. The molecule has 23 heavy (non-hydrogen) atoms. The molecule has 3 rings (SSSR count). The smallest absolute Gasteiger partial charge is 0.249 e. The maximum Gasteiger partial charge on any atom is 0.249 e. The lowest BCUT2D eigenvalue weighted by molar-refractivity contribution is -0.129. The maximum atomic E-state index is 12.5. The molecule has 0 radical (unpaired) electrons. The van der Waals surface area contributed by atoms with E-state index in [-0.39, 0.29) is 36.2 Å². The molecule has 1 aromatic rings. The molecule has 6 heteroatoms. The van der Waals surface area contributed by atoms with Crippen molar-refractivity contribution in [3.05, 3.63) is 29.8 Å². The van der Waals surface area contributed by atoms with Crippen molar-refractivity contribution in [1.29, 1.82) is 0 Å². The first-order valence-electron chi connectivity index (χ1n) is 7.98. The molecule has 1 aliphatic heterocycles. The number of amides is 2. The van der Waals surface area contributed by atoms with Crippen molar-refractivity contribution in [2.45, 2.75) is 44.7 Å². The van der Waals surface area contributed by atoms with E-state index in [0.29, 0.717) is 13.0 Å². The third-order valence-electron chi connectivity index (χ3n) is 4.71. The van der Waals surface area contributed by atoms with E-state index in [1.165, 1.54) is 0 Å². The van der Waals surface area contributed by atoms with Crippen LogP contribution in [0.2, 0.25) is 0 Å². The Hall–Kier alpha value is -1.59. The molecule has 0 aromatic heterocycles. The predicted octanol–water partition coefficient (Wildman–Crippen LogP) is 1.77. The molecule has 0 bridgehead atoms. The number of nitrogens with zero attached hydrogens (tertiary/aromatic N) is 1. The number of carbonyl (C=O) groups excluding carboxylic acids is 2. The first kappa shape index (κ1) is 17.8. The molecule has 5 nitrogen and oxygen atoms in total. The standard InChI is InChI=1S/C17H23N3O2.ClH/c1-11-2-6-14(7-3-11)20-9-8-15(17(20)22)19-16(21)12-4-5-13(18)10-12;/h2-3,6-7,12-13,15H,4-5,8-10,18H2,1H3,(H,19,21);1H. The fourth-order valence-corrected chi connectivity index (χ4v) is 3.34. The number of halogens is 1. The molecule has 1 aliphatic carbocycles. The molecule has 3 N–H and O–H groups in total. The fourth-order valence-electron chi connectivity index (χ4n) is 3.34. The number of anilines is 1. The van der Waals surface area contributed by atoms with Gasteiger partial charge in [0, 0.05) is 24.2 Å². The zero-order valence-corrected chi connectivity index (χ0v) is 14.1. The van der Waals surface area contributed by atoms with E-state index in [1.807, 2.05) is 31.2 Å². The van der Waals surface area contributed by atoms with Crippen molar-refractivity contribution >= 4 is 29.9 Å². The Morgan fingerprint density at radius 1 is 1.22 bits per heavy atom. The summed E-state index contributed by atoms with van der Waals surface area (Å²) in [5.41, 5.74) is 7.92. The predicted molar refractivity (Wildman–Crippen MR) is 92.6 cm³/mol. The Morgan fingerprint density at radius 3 is 2.52 bits per heavy atom. The molecule has 0 spiro atoms. The van der Waals surface area contributed by atoms with Crippen LogP contribution in [-0.4, -0.2) is 30.4 Å². The molecule has 1 saturated carbocycles. The average molecular weight is 338 g/mol. The molecule has 3 unspecified atom stereocenters. The lowest BCUT2D eigenvalue weighted by atomic mass is 10.1. The van der Waals surface area contributed by atoms with Crippen molar-refractivity contribution in [2.24, 2.45) is 11.7 Å². The second-order valence-electron chi connectivity index (χ2n) is 6.45. The minimum Gasteiger partial charge on any atom is -0.344 e. The zero-order chi connectivity index (χ0) is 15.7. The topological polar surface area (TPSA) is 75.4 Å². The molecule has 1 heterocycles. The molecule has 1 saturated heterocycles. The van der Waals surface area contributed by atoms with Crippen LogP contribution in [-0.2, 0) is 9.59 Å². The van der Waals surface area contributed by atoms with Gasteiger partial charge in [0.1, 0.15) is 6.04 Å². The number of benzene rings is 1. The van der Waals surface area contributed by atoms with Gasteiger partial charge < -0.3 is 16.0 Å². The van der Waals surface area contributed by atoms with Crippen molar-refractivity contribution in [1.82, 2.24) is 5.32 Å². The molecule has 3 atom stereocenters. The first-order valence-corrected chi connectivity index (χ1v) is 7.98. The van der Waals surface area contributed by atoms with Gasteiger partial charge >= 0.3 is 0 Å². The van der Waals surface area contributed by atoms with Gasteiger partial charge in [0.05, 0.1) is 0 Å². The first-order chi connectivity index (χ1) is 10.5. The summed E-state index contributed by atoms with van der Waals surface area (Å²) < 4.78 is 0. The van der Waals surface area contributed by atoms with Crippen LogP contribution in [0.25, 0.3) is 0 Å². The number of aryl methyl sites for hydroxylation is 1. The summed E-state index contributed by atoms with van der Waals surface area (Å²) in [6.07, 6.45) is 3.12. The summed E-state index contributed by atoms with van der Waals surface area (Å²) in [7, 11) is 0. The summed E-state index contributed by atoms with van der Waals surface area (Å²) in [5.74, 6) is -0.0622. The SMILES string of the molecule is Cc1ccc(N2CCC(NC(=O)C3CCC(N)C3)C2=O)cc1.Cl. The fraction of sp³-hybridized carbons (Fsp3) is 0.529. The number of nitrogens with two attached hydrogens (primary N) is 1. The quantitative estimate of drug-likeness (QED) is 0.882. The van der Waals surface area contributed by atoms with E-state index < -0.39 is 6.04 Å². The highest BCUT2D eigenvalue weighted by Crippen LogP contribution is 2.26. The van der Waals surface area contributed by atoms with Crippen molar-refractivity contribution < 1.29 is 9.59 Å². The van der Waals surface area contributed by atoms with Crippen LogP contribution in [0, 0.1) is 12.8 Å². The summed E-state index contributed by atoms with van der Waals surface area (Å²) >= 11 is 0. The van der Waals surface area contributed by atoms with Crippen LogP contribution in [0.15, 0.2) is 24.3 Å². The van der Waals surface area contributed by atoms with E-state index in [0.717, 1.165) is 30.5 Å². The Labute approximate surface area is 143 Å². The minimum atomic E-state index is -0.398. The van der Waals surface area contributed by atoms with Crippen LogP contribution in [0.4, 0.5) is 5.69 Å². The lowest BCUT2D eigenvalue weighted by Gasteiger charge is -2.18. The van der Waals surface area contributed by atoms with E-state index in [9.17, 15) is 9.59 Å². The van der Waals surface area contributed by atoms with Crippen LogP contribution < -0.4 is 16.0 Å². The molecule has 126 valence electrons. The van der Waals surface area contributed by atoms with Crippen molar-refractivity contribution in [3.63, 3.8) is 0 Å². The van der Waals surface area contributed by atoms with Crippen molar-refractivity contribution in [2.75, 3.05) is 11.4 Å². The highest BCUT2D eigenvalue weighted by Gasteiger charge is 2.36. The Bertz CT molecular complexity index is 576. The Balaban J connectivity index is 0.00000192. The highest BCUT2D eigenvalue weighted by molar-refractivity contribution is 6.01. The molecular formula is C17H24ClN3O2.